The number of hydrogen-bond acceptors (Lipinski definition) is 4. The van der Waals surface area contributed by atoms with Crippen LogP contribution in [-0.4, -0.2) is 26.8 Å². The van der Waals surface area contributed by atoms with Crippen LogP contribution in [0.2, 0.25) is 0 Å². The molecule has 1 aliphatic heterocycles. The van der Waals surface area contributed by atoms with Crippen LogP contribution in [0.5, 0.6) is 0 Å². The number of benzene rings is 1. The Morgan fingerprint density at radius 2 is 2.04 bits per heavy atom. The van der Waals surface area contributed by atoms with E-state index >= 15 is 0 Å². The Morgan fingerprint density at radius 1 is 1.33 bits per heavy atom. The van der Waals surface area contributed by atoms with E-state index in [0.29, 0.717) is 0 Å². The summed E-state index contributed by atoms with van der Waals surface area (Å²) in [6.07, 6.45) is -5.87. The molecule has 1 aromatic heterocycles. The van der Waals surface area contributed by atoms with Crippen molar-refractivity contribution in [1.82, 2.24) is 14.9 Å². The summed E-state index contributed by atoms with van der Waals surface area (Å²) in [5.74, 6) is -0.207. The fourth-order valence-corrected chi connectivity index (χ4v) is 3.02. The molecular formula is C15H14F3N3O3. The summed E-state index contributed by atoms with van der Waals surface area (Å²) < 4.78 is 40.7. The van der Waals surface area contributed by atoms with Gasteiger partial charge in [-0.1, -0.05) is 6.07 Å². The number of alkyl halides is 3. The lowest BCUT2D eigenvalue weighted by Gasteiger charge is -2.31. The highest BCUT2D eigenvalue weighted by atomic mass is 19.4. The van der Waals surface area contributed by atoms with Gasteiger partial charge < -0.3 is 10.4 Å². The standard InChI is InChI=1S/C15H14F3N3O3/c1-7-19-9-4-2-3-8(15(16,17)18)12(9)14(24)21(7)10-5-6-11(22)20-13(10)23/h2-4,10,13,23H,5-6H2,1H3,(H,20,22). The number of fused-ring (bicyclic) bond motifs is 1. The molecule has 1 saturated heterocycles. The van der Waals surface area contributed by atoms with Gasteiger partial charge in [0.25, 0.3) is 5.56 Å². The maximum Gasteiger partial charge on any atom is 0.417 e. The average molecular weight is 341 g/mol. The highest BCUT2D eigenvalue weighted by molar-refractivity contribution is 5.82. The van der Waals surface area contributed by atoms with E-state index in [-0.39, 0.29) is 30.1 Å². The highest BCUT2D eigenvalue weighted by Gasteiger charge is 2.36. The number of rotatable bonds is 1. The molecule has 0 saturated carbocycles. The Morgan fingerprint density at radius 3 is 2.67 bits per heavy atom. The van der Waals surface area contributed by atoms with Crippen molar-refractivity contribution in [3.63, 3.8) is 0 Å². The molecule has 2 heterocycles. The number of piperidine rings is 1. The molecule has 0 bridgehead atoms. The zero-order valence-corrected chi connectivity index (χ0v) is 12.6. The van der Waals surface area contributed by atoms with Crippen molar-refractivity contribution in [3.8, 4) is 0 Å². The van der Waals surface area contributed by atoms with E-state index in [1.807, 2.05) is 0 Å². The van der Waals surface area contributed by atoms with Crippen molar-refractivity contribution in [2.24, 2.45) is 0 Å². The molecule has 1 aliphatic rings. The number of amides is 1. The van der Waals surface area contributed by atoms with Gasteiger partial charge in [-0.2, -0.15) is 13.2 Å². The van der Waals surface area contributed by atoms with Gasteiger partial charge in [0, 0.05) is 6.42 Å². The maximum atomic E-state index is 13.2. The van der Waals surface area contributed by atoms with Crippen LogP contribution in [0.1, 0.15) is 30.3 Å². The molecule has 2 aromatic rings. The summed E-state index contributed by atoms with van der Waals surface area (Å²) in [5, 5.41) is 11.7. The molecule has 0 spiro atoms. The molecule has 1 aromatic carbocycles. The van der Waals surface area contributed by atoms with Gasteiger partial charge in [0.2, 0.25) is 5.91 Å². The summed E-state index contributed by atoms with van der Waals surface area (Å²) in [5.41, 5.74) is -2.01. The Hall–Kier alpha value is -2.42. The molecule has 1 amide bonds. The largest absolute Gasteiger partial charge is 0.417 e. The second kappa shape index (κ2) is 5.59. The molecule has 0 aliphatic carbocycles. The highest BCUT2D eigenvalue weighted by Crippen LogP contribution is 2.33. The number of halogens is 3. The van der Waals surface area contributed by atoms with Crippen LogP contribution >= 0.6 is 0 Å². The number of carbonyl (C=O) groups excluding carboxylic acids is 1. The van der Waals surface area contributed by atoms with Crippen LogP contribution in [0, 0.1) is 6.92 Å². The molecule has 9 heteroatoms. The zero-order chi connectivity index (χ0) is 17.6. The molecule has 2 atom stereocenters. The van der Waals surface area contributed by atoms with E-state index in [1.165, 1.54) is 19.1 Å². The average Bonchev–Trinajstić information content (AvgIpc) is 2.47. The van der Waals surface area contributed by atoms with Crippen LogP contribution < -0.4 is 10.9 Å². The first kappa shape index (κ1) is 16.4. The molecule has 0 radical (unpaired) electrons. The lowest BCUT2D eigenvalue weighted by Crippen LogP contribution is -2.48. The number of aliphatic hydroxyl groups is 1. The van der Waals surface area contributed by atoms with Gasteiger partial charge in [-0.3, -0.25) is 14.2 Å². The van der Waals surface area contributed by atoms with E-state index < -0.39 is 35.0 Å². The Bertz CT molecular complexity index is 876. The SMILES string of the molecule is Cc1nc2cccc(C(F)(F)F)c2c(=O)n1C1CCC(=O)NC1O. The number of aromatic nitrogens is 2. The molecule has 24 heavy (non-hydrogen) atoms. The molecule has 6 nitrogen and oxygen atoms in total. The quantitative estimate of drug-likeness (QED) is 0.823. The molecule has 128 valence electrons. The second-order valence-electron chi connectivity index (χ2n) is 5.65. The zero-order valence-electron chi connectivity index (χ0n) is 12.6. The number of aryl methyl sites for hydroxylation is 1. The van der Waals surface area contributed by atoms with Gasteiger partial charge in [-0.05, 0) is 25.5 Å². The van der Waals surface area contributed by atoms with Crippen molar-refractivity contribution in [3.05, 3.63) is 39.9 Å². The van der Waals surface area contributed by atoms with Gasteiger partial charge in [0.15, 0.2) is 0 Å². The molecule has 2 unspecified atom stereocenters. The Kier molecular flexibility index (Phi) is 3.83. The van der Waals surface area contributed by atoms with E-state index in [1.54, 1.807) is 0 Å². The van der Waals surface area contributed by atoms with Crippen LogP contribution in [0.25, 0.3) is 10.9 Å². The summed E-state index contributed by atoms with van der Waals surface area (Å²) in [6, 6.07) is 2.48. The van der Waals surface area contributed by atoms with Gasteiger partial charge >= 0.3 is 6.18 Å². The normalized spacial score (nSPS) is 21.8. The van der Waals surface area contributed by atoms with Crippen molar-refractivity contribution in [2.45, 2.75) is 38.2 Å². The predicted octanol–water partition coefficient (Wildman–Crippen LogP) is 1.49. The van der Waals surface area contributed by atoms with Gasteiger partial charge in [0.1, 0.15) is 12.1 Å². The third-order valence-corrected chi connectivity index (χ3v) is 4.08. The third-order valence-electron chi connectivity index (χ3n) is 4.08. The molecule has 2 N–H and O–H groups in total. The number of carbonyl (C=O) groups is 1. The van der Waals surface area contributed by atoms with Gasteiger partial charge in [-0.15, -0.1) is 0 Å². The summed E-state index contributed by atoms with van der Waals surface area (Å²) >= 11 is 0. The van der Waals surface area contributed by atoms with Crippen LogP contribution in [0.3, 0.4) is 0 Å². The van der Waals surface area contributed by atoms with Crippen LogP contribution in [0.4, 0.5) is 13.2 Å². The second-order valence-corrected chi connectivity index (χ2v) is 5.65. The Labute approximate surface area is 133 Å². The number of hydrogen-bond donors (Lipinski definition) is 2. The van der Waals surface area contributed by atoms with Crippen LogP contribution in [0.15, 0.2) is 23.0 Å². The van der Waals surface area contributed by atoms with Crippen molar-refractivity contribution >= 4 is 16.8 Å². The minimum absolute atomic E-state index is 0.0575. The first-order valence-corrected chi connectivity index (χ1v) is 7.26. The van der Waals surface area contributed by atoms with Crippen molar-refractivity contribution < 1.29 is 23.1 Å². The van der Waals surface area contributed by atoms with Gasteiger partial charge in [-0.25, -0.2) is 4.98 Å². The lowest BCUT2D eigenvalue weighted by atomic mass is 10.0. The van der Waals surface area contributed by atoms with Crippen LogP contribution in [-0.2, 0) is 11.0 Å². The number of nitrogens with one attached hydrogen (secondary N) is 1. The predicted molar refractivity (Wildman–Crippen MR) is 78.2 cm³/mol. The summed E-state index contributed by atoms with van der Waals surface area (Å²) in [7, 11) is 0. The van der Waals surface area contributed by atoms with E-state index in [4.69, 9.17) is 0 Å². The van der Waals surface area contributed by atoms with Crippen molar-refractivity contribution in [1.29, 1.82) is 0 Å². The number of aliphatic hydroxyl groups excluding tert-OH is 1. The molecule has 1 fully saturated rings. The first-order chi connectivity index (χ1) is 11.2. The van der Waals surface area contributed by atoms with Gasteiger partial charge in [0.05, 0.1) is 22.5 Å². The minimum atomic E-state index is -4.70. The van der Waals surface area contributed by atoms with E-state index in [9.17, 15) is 27.9 Å². The summed E-state index contributed by atoms with van der Waals surface area (Å²) in [6.45, 7) is 1.48. The summed E-state index contributed by atoms with van der Waals surface area (Å²) in [4.78, 5) is 28.1. The first-order valence-electron chi connectivity index (χ1n) is 7.26. The lowest BCUT2D eigenvalue weighted by molar-refractivity contribution is -0.136. The van der Waals surface area contributed by atoms with E-state index in [2.05, 4.69) is 10.3 Å². The van der Waals surface area contributed by atoms with Crippen molar-refractivity contribution in [2.75, 3.05) is 0 Å². The fourth-order valence-electron chi connectivity index (χ4n) is 3.02. The molecular weight excluding hydrogens is 327 g/mol. The Balaban J connectivity index is 2.27. The third kappa shape index (κ3) is 2.64. The monoisotopic (exact) mass is 341 g/mol. The fraction of sp³-hybridized carbons (Fsp3) is 0.400. The maximum absolute atomic E-state index is 13.2. The minimum Gasteiger partial charge on any atom is -0.372 e. The van der Waals surface area contributed by atoms with E-state index in [0.717, 1.165) is 10.6 Å². The number of nitrogens with zero attached hydrogens (tertiary/aromatic N) is 2. The molecule has 3 rings (SSSR count). The smallest absolute Gasteiger partial charge is 0.372 e. The topological polar surface area (TPSA) is 84.2 Å².